The Labute approximate surface area is 121 Å². The summed E-state index contributed by atoms with van der Waals surface area (Å²) in [5, 5.41) is 0. The van der Waals surface area contributed by atoms with Crippen LogP contribution in [0.4, 0.5) is 0 Å². The topological polar surface area (TPSA) is 49.9 Å². The van der Waals surface area contributed by atoms with E-state index in [-0.39, 0.29) is 23.8 Å². The number of ether oxygens (including phenoxy) is 1. The minimum Gasteiger partial charge on any atom is -0.378 e. The van der Waals surface area contributed by atoms with E-state index in [1.807, 2.05) is 16.7 Å². The first-order chi connectivity index (χ1) is 9.50. The number of hydrogen-bond donors (Lipinski definition) is 0. The zero-order chi connectivity index (χ0) is 14.7. The number of piperidine rings is 1. The van der Waals surface area contributed by atoms with Crippen LogP contribution in [-0.4, -0.2) is 60.5 Å². The summed E-state index contributed by atoms with van der Waals surface area (Å²) in [6.07, 6.45) is 1.18. The maximum atomic E-state index is 12.6. The zero-order valence-electron chi connectivity index (χ0n) is 12.8. The minimum atomic E-state index is -0.0513. The molecule has 114 valence electrons. The van der Waals surface area contributed by atoms with Crippen LogP contribution in [-0.2, 0) is 14.3 Å². The molecule has 0 aromatic rings. The Morgan fingerprint density at radius 3 is 2.60 bits per heavy atom. The van der Waals surface area contributed by atoms with E-state index in [1.54, 1.807) is 0 Å². The quantitative estimate of drug-likeness (QED) is 0.779. The number of hydrogen-bond acceptors (Lipinski definition) is 3. The fraction of sp³-hybridized carbons (Fsp3) is 0.867. The fourth-order valence-corrected chi connectivity index (χ4v) is 3.12. The Bertz CT molecular complexity index is 364. The molecule has 0 aliphatic carbocycles. The Morgan fingerprint density at radius 1 is 1.35 bits per heavy atom. The van der Waals surface area contributed by atoms with Gasteiger partial charge in [0.25, 0.3) is 0 Å². The smallest absolute Gasteiger partial charge is 0.227 e. The van der Waals surface area contributed by atoms with Crippen molar-refractivity contribution >= 4 is 11.8 Å². The molecule has 0 radical (unpaired) electrons. The summed E-state index contributed by atoms with van der Waals surface area (Å²) in [6.45, 7) is 9.58. The van der Waals surface area contributed by atoms with Crippen LogP contribution in [0.1, 0.15) is 33.6 Å². The largest absolute Gasteiger partial charge is 0.378 e. The lowest BCUT2D eigenvalue weighted by atomic mass is 9.87. The van der Waals surface area contributed by atoms with Crippen molar-refractivity contribution in [3.63, 3.8) is 0 Å². The highest BCUT2D eigenvalue weighted by Gasteiger charge is 2.38. The van der Waals surface area contributed by atoms with E-state index in [0.717, 1.165) is 6.54 Å². The molecule has 2 atom stereocenters. The normalized spacial score (nSPS) is 28.1. The molecule has 2 aliphatic rings. The summed E-state index contributed by atoms with van der Waals surface area (Å²) in [6, 6.07) is 0.00833. The number of carbonyl (C=O) groups excluding carboxylic acids is 2. The van der Waals surface area contributed by atoms with E-state index in [1.165, 1.54) is 0 Å². The van der Waals surface area contributed by atoms with E-state index < -0.39 is 0 Å². The second kappa shape index (κ2) is 6.57. The molecule has 0 saturated carbocycles. The van der Waals surface area contributed by atoms with Crippen LogP contribution in [0.5, 0.6) is 0 Å². The molecule has 5 heteroatoms. The van der Waals surface area contributed by atoms with Crippen molar-refractivity contribution in [3.05, 3.63) is 0 Å². The van der Waals surface area contributed by atoms with Gasteiger partial charge in [0.2, 0.25) is 11.8 Å². The lowest BCUT2D eigenvalue weighted by Gasteiger charge is -2.41. The van der Waals surface area contributed by atoms with Crippen LogP contribution in [0.2, 0.25) is 0 Å². The molecule has 2 fully saturated rings. The van der Waals surface area contributed by atoms with Gasteiger partial charge in [0.1, 0.15) is 0 Å². The van der Waals surface area contributed by atoms with Gasteiger partial charge in [-0.25, -0.2) is 0 Å². The van der Waals surface area contributed by atoms with Crippen LogP contribution in [0.15, 0.2) is 0 Å². The van der Waals surface area contributed by atoms with Crippen molar-refractivity contribution in [2.45, 2.75) is 39.7 Å². The predicted octanol–water partition coefficient (Wildman–Crippen LogP) is 1.13. The van der Waals surface area contributed by atoms with E-state index in [0.29, 0.717) is 45.1 Å². The predicted molar refractivity (Wildman–Crippen MR) is 76.1 cm³/mol. The number of carbonyl (C=O) groups is 2. The molecule has 2 saturated heterocycles. The summed E-state index contributed by atoms with van der Waals surface area (Å²) >= 11 is 0. The van der Waals surface area contributed by atoms with Gasteiger partial charge in [-0.1, -0.05) is 13.8 Å². The van der Waals surface area contributed by atoms with E-state index in [2.05, 4.69) is 13.8 Å². The Morgan fingerprint density at radius 2 is 2.00 bits per heavy atom. The van der Waals surface area contributed by atoms with E-state index in [4.69, 9.17) is 4.74 Å². The first kappa shape index (κ1) is 15.3. The van der Waals surface area contributed by atoms with Crippen LogP contribution in [0, 0.1) is 11.8 Å². The van der Waals surface area contributed by atoms with Gasteiger partial charge in [-0.15, -0.1) is 0 Å². The van der Waals surface area contributed by atoms with Gasteiger partial charge in [-0.05, 0) is 19.3 Å². The molecule has 2 aliphatic heterocycles. The van der Waals surface area contributed by atoms with E-state index in [9.17, 15) is 9.59 Å². The van der Waals surface area contributed by atoms with Crippen LogP contribution < -0.4 is 0 Å². The number of morpholine rings is 1. The first-order valence-corrected chi connectivity index (χ1v) is 7.66. The molecule has 20 heavy (non-hydrogen) atoms. The van der Waals surface area contributed by atoms with Gasteiger partial charge in [0.05, 0.1) is 19.1 Å². The van der Waals surface area contributed by atoms with Crippen molar-refractivity contribution in [2.24, 2.45) is 11.8 Å². The van der Waals surface area contributed by atoms with Gasteiger partial charge in [0, 0.05) is 32.1 Å². The number of rotatable bonds is 3. The Balaban J connectivity index is 2.03. The first-order valence-electron chi connectivity index (χ1n) is 7.66. The lowest BCUT2D eigenvalue weighted by molar-refractivity contribution is -0.149. The van der Waals surface area contributed by atoms with Crippen molar-refractivity contribution in [2.75, 3.05) is 32.8 Å². The molecular formula is C15H26N2O3. The van der Waals surface area contributed by atoms with E-state index >= 15 is 0 Å². The highest BCUT2D eigenvalue weighted by atomic mass is 16.5. The summed E-state index contributed by atoms with van der Waals surface area (Å²) in [5.74, 6) is 0.766. The van der Waals surface area contributed by atoms with Gasteiger partial charge in [0.15, 0.2) is 0 Å². The molecule has 0 bridgehead atoms. The van der Waals surface area contributed by atoms with Crippen molar-refractivity contribution in [3.8, 4) is 0 Å². The zero-order valence-corrected chi connectivity index (χ0v) is 12.8. The highest BCUT2D eigenvalue weighted by Crippen LogP contribution is 2.27. The lowest BCUT2D eigenvalue weighted by Crippen LogP contribution is -2.54. The number of likely N-dealkylation sites (tertiary alicyclic amines) is 1. The van der Waals surface area contributed by atoms with Crippen molar-refractivity contribution in [1.82, 2.24) is 9.80 Å². The van der Waals surface area contributed by atoms with Gasteiger partial charge in [-0.2, -0.15) is 0 Å². The summed E-state index contributed by atoms with van der Waals surface area (Å²) < 4.78 is 5.30. The third-order valence-corrected chi connectivity index (χ3v) is 4.27. The second-order valence-electron chi connectivity index (χ2n) is 6.26. The standard InChI is InChI=1S/C15H26N2O3/c1-11(2)10-17-12(3)13(4-5-14(17)18)15(19)16-6-8-20-9-7-16/h11-13H,4-10H2,1-3H3/t12-,13-/m1/s1. The maximum Gasteiger partial charge on any atom is 0.227 e. The molecule has 0 aromatic carbocycles. The number of nitrogens with zero attached hydrogens (tertiary/aromatic N) is 2. The van der Waals surface area contributed by atoms with Crippen LogP contribution in [0.25, 0.3) is 0 Å². The molecule has 0 spiro atoms. The second-order valence-corrected chi connectivity index (χ2v) is 6.26. The number of amides is 2. The van der Waals surface area contributed by atoms with Crippen molar-refractivity contribution < 1.29 is 14.3 Å². The van der Waals surface area contributed by atoms with Crippen molar-refractivity contribution in [1.29, 1.82) is 0 Å². The minimum absolute atomic E-state index is 0.00833. The maximum absolute atomic E-state index is 12.6. The van der Waals surface area contributed by atoms with Gasteiger partial charge < -0.3 is 14.5 Å². The Hall–Kier alpha value is -1.10. The molecule has 2 rings (SSSR count). The SMILES string of the molecule is CC(C)CN1C(=O)CC[C@@H](C(=O)N2CCOCC2)[C@H]1C. The molecule has 0 unspecified atom stereocenters. The average molecular weight is 282 g/mol. The fourth-order valence-electron chi connectivity index (χ4n) is 3.12. The third kappa shape index (κ3) is 3.32. The Kier molecular flexibility index (Phi) is 5.02. The summed E-state index contributed by atoms with van der Waals surface area (Å²) in [4.78, 5) is 28.5. The third-order valence-electron chi connectivity index (χ3n) is 4.27. The van der Waals surface area contributed by atoms with Gasteiger partial charge in [-0.3, -0.25) is 9.59 Å². The van der Waals surface area contributed by atoms with Crippen LogP contribution >= 0.6 is 0 Å². The molecule has 2 heterocycles. The van der Waals surface area contributed by atoms with Crippen LogP contribution in [0.3, 0.4) is 0 Å². The van der Waals surface area contributed by atoms with Gasteiger partial charge >= 0.3 is 0 Å². The molecule has 5 nitrogen and oxygen atoms in total. The molecular weight excluding hydrogens is 256 g/mol. The average Bonchev–Trinajstić information content (AvgIpc) is 2.43. The summed E-state index contributed by atoms with van der Waals surface area (Å²) in [5.41, 5.74) is 0. The molecule has 0 aromatic heterocycles. The molecule has 2 amide bonds. The monoisotopic (exact) mass is 282 g/mol. The summed E-state index contributed by atoms with van der Waals surface area (Å²) in [7, 11) is 0. The highest BCUT2D eigenvalue weighted by molar-refractivity contribution is 5.84. The molecule has 0 N–H and O–H groups in total.